The van der Waals surface area contributed by atoms with Crippen LogP contribution in [0.5, 0.6) is 5.75 Å². The first-order valence-electron chi connectivity index (χ1n) is 9.29. The molecule has 8 heteroatoms. The fourth-order valence-corrected chi connectivity index (χ4v) is 2.74. The summed E-state index contributed by atoms with van der Waals surface area (Å²) in [6.07, 6.45) is -3.83. The molecule has 1 aromatic heterocycles. The summed E-state index contributed by atoms with van der Waals surface area (Å²) in [5.74, 6) is 0.319. The summed E-state index contributed by atoms with van der Waals surface area (Å²) in [6, 6.07) is 14.1. The molecule has 0 bridgehead atoms. The number of ether oxygens (including phenoxy) is 1. The Morgan fingerprint density at radius 1 is 0.833 bits per heavy atom. The average Bonchev–Trinajstić information content (AvgIpc) is 2.67. The molecule has 0 aliphatic carbocycles. The molecule has 1 heterocycles. The Bertz CT molecular complexity index is 995. The van der Waals surface area contributed by atoms with Gasteiger partial charge >= 0.3 is 6.18 Å². The molecule has 0 saturated carbocycles. The Labute approximate surface area is 173 Å². The maximum absolute atomic E-state index is 13.4. The van der Waals surface area contributed by atoms with E-state index in [1.165, 1.54) is 7.11 Å². The van der Waals surface area contributed by atoms with Crippen LogP contribution in [0, 0.1) is 0 Å². The quantitative estimate of drug-likeness (QED) is 0.512. The Morgan fingerprint density at radius 2 is 1.40 bits per heavy atom. The number of aromatic nitrogens is 2. The van der Waals surface area contributed by atoms with E-state index in [0.717, 1.165) is 11.8 Å². The van der Waals surface area contributed by atoms with Crippen LogP contribution in [0.3, 0.4) is 0 Å². The van der Waals surface area contributed by atoms with Crippen LogP contribution in [-0.4, -0.2) is 17.1 Å². The van der Waals surface area contributed by atoms with Crippen LogP contribution in [0.1, 0.15) is 31.9 Å². The first-order chi connectivity index (χ1) is 14.1. The smallest absolute Gasteiger partial charge is 0.421 e. The summed E-state index contributed by atoms with van der Waals surface area (Å²) in [4.78, 5) is 7.90. The van der Waals surface area contributed by atoms with Gasteiger partial charge in [-0.25, -0.2) is 4.98 Å². The highest BCUT2D eigenvalue weighted by atomic mass is 19.4. The van der Waals surface area contributed by atoms with Crippen LogP contribution >= 0.6 is 0 Å². The highest BCUT2D eigenvalue weighted by Crippen LogP contribution is 2.35. The van der Waals surface area contributed by atoms with Gasteiger partial charge in [-0.05, 0) is 47.4 Å². The number of hydrogen-bond donors (Lipinski definition) is 2. The van der Waals surface area contributed by atoms with Crippen molar-refractivity contribution in [1.82, 2.24) is 9.97 Å². The Kier molecular flexibility index (Phi) is 5.87. The van der Waals surface area contributed by atoms with E-state index < -0.39 is 11.7 Å². The number of hydrogen-bond acceptors (Lipinski definition) is 5. The van der Waals surface area contributed by atoms with Crippen molar-refractivity contribution in [3.63, 3.8) is 0 Å². The number of alkyl halides is 3. The maximum atomic E-state index is 13.4. The molecule has 0 aliphatic heterocycles. The third kappa shape index (κ3) is 5.20. The fourth-order valence-electron chi connectivity index (χ4n) is 2.74. The van der Waals surface area contributed by atoms with E-state index >= 15 is 0 Å². The summed E-state index contributed by atoms with van der Waals surface area (Å²) >= 11 is 0. The van der Waals surface area contributed by atoms with Crippen LogP contribution in [-0.2, 0) is 11.6 Å². The minimum absolute atomic E-state index is 0.00115. The van der Waals surface area contributed by atoms with E-state index in [0.29, 0.717) is 17.1 Å². The molecule has 0 unspecified atom stereocenters. The SMILES string of the molecule is COc1ccc(Nc2nc(Nc3ccc(C(C)(C)C)cc3)ncc2C(F)(F)F)cc1. The summed E-state index contributed by atoms with van der Waals surface area (Å²) < 4.78 is 45.3. The molecule has 2 aromatic carbocycles. The highest BCUT2D eigenvalue weighted by Gasteiger charge is 2.35. The van der Waals surface area contributed by atoms with Gasteiger partial charge in [-0.3, -0.25) is 0 Å². The van der Waals surface area contributed by atoms with E-state index in [4.69, 9.17) is 4.74 Å². The predicted molar refractivity (Wildman–Crippen MR) is 112 cm³/mol. The summed E-state index contributed by atoms with van der Waals surface area (Å²) in [7, 11) is 1.51. The van der Waals surface area contributed by atoms with Crippen molar-refractivity contribution < 1.29 is 17.9 Å². The van der Waals surface area contributed by atoms with Crippen molar-refractivity contribution in [2.24, 2.45) is 0 Å². The second-order valence-electron chi connectivity index (χ2n) is 7.76. The molecule has 158 valence electrons. The molecule has 0 atom stereocenters. The summed E-state index contributed by atoms with van der Waals surface area (Å²) in [6.45, 7) is 6.31. The number of benzene rings is 2. The lowest BCUT2D eigenvalue weighted by Gasteiger charge is -2.19. The average molecular weight is 416 g/mol. The van der Waals surface area contributed by atoms with E-state index in [9.17, 15) is 13.2 Å². The number of nitrogens with zero attached hydrogens (tertiary/aromatic N) is 2. The van der Waals surface area contributed by atoms with Crippen molar-refractivity contribution >= 4 is 23.1 Å². The molecular weight excluding hydrogens is 393 g/mol. The second-order valence-corrected chi connectivity index (χ2v) is 7.76. The lowest BCUT2D eigenvalue weighted by Crippen LogP contribution is -2.13. The number of rotatable bonds is 5. The number of anilines is 4. The largest absolute Gasteiger partial charge is 0.497 e. The number of methoxy groups -OCH3 is 1. The third-order valence-corrected chi connectivity index (χ3v) is 4.45. The van der Waals surface area contributed by atoms with Crippen LogP contribution in [0.2, 0.25) is 0 Å². The molecule has 0 amide bonds. The van der Waals surface area contributed by atoms with Gasteiger partial charge in [-0.2, -0.15) is 18.2 Å². The highest BCUT2D eigenvalue weighted by molar-refractivity contribution is 5.63. The lowest BCUT2D eigenvalue weighted by atomic mass is 9.87. The Balaban J connectivity index is 1.88. The monoisotopic (exact) mass is 416 g/mol. The minimum Gasteiger partial charge on any atom is -0.497 e. The van der Waals surface area contributed by atoms with Gasteiger partial charge in [0.05, 0.1) is 7.11 Å². The number of halogens is 3. The molecule has 3 rings (SSSR count). The molecule has 3 aromatic rings. The van der Waals surface area contributed by atoms with Crippen molar-refractivity contribution in [1.29, 1.82) is 0 Å². The van der Waals surface area contributed by atoms with E-state index in [2.05, 4.69) is 41.4 Å². The zero-order valence-corrected chi connectivity index (χ0v) is 17.1. The zero-order chi connectivity index (χ0) is 21.9. The van der Waals surface area contributed by atoms with Gasteiger partial charge < -0.3 is 15.4 Å². The Hall–Kier alpha value is -3.29. The van der Waals surface area contributed by atoms with E-state index in [-0.39, 0.29) is 17.2 Å². The van der Waals surface area contributed by atoms with E-state index in [1.54, 1.807) is 24.3 Å². The lowest BCUT2D eigenvalue weighted by molar-refractivity contribution is -0.137. The van der Waals surface area contributed by atoms with Gasteiger partial charge in [-0.1, -0.05) is 32.9 Å². The fraction of sp³-hybridized carbons (Fsp3) is 0.273. The van der Waals surface area contributed by atoms with E-state index in [1.807, 2.05) is 24.3 Å². The van der Waals surface area contributed by atoms with Crippen molar-refractivity contribution in [3.05, 3.63) is 65.9 Å². The molecule has 0 fully saturated rings. The van der Waals surface area contributed by atoms with Gasteiger partial charge in [0, 0.05) is 17.6 Å². The standard InChI is InChI=1S/C22H23F3N4O/c1-21(2,3)14-5-7-16(8-6-14)28-20-26-13-18(22(23,24)25)19(29-20)27-15-9-11-17(30-4)12-10-15/h5-13H,1-4H3,(H2,26,27,28,29). The van der Waals surface area contributed by atoms with Crippen LogP contribution < -0.4 is 15.4 Å². The second kappa shape index (κ2) is 8.22. The Morgan fingerprint density at radius 3 is 1.93 bits per heavy atom. The predicted octanol–water partition coefficient (Wildman–Crippen LogP) is 6.29. The molecule has 2 N–H and O–H groups in total. The molecule has 0 spiro atoms. The molecule has 0 aliphatic rings. The topological polar surface area (TPSA) is 59.1 Å². The molecule has 0 radical (unpaired) electrons. The van der Waals surface area contributed by atoms with Gasteiger partial charge in [0.2, 0.25) is 5.95 Å². The number of nitrogens with one attached hydrogen (secondary N) is 2. The molecule has 0 saturated heterocycles. The maximum Gasteiger partial charge on any atom is 0.421 e. The minimum atomic E-state index is -4.60. The van der Waals surface area contributed by atoms with Crippen LogP contribution in [0.4, 0.5) is 36.3 Å². The third-order valence-electron chi connectivity index (χ3n) is 4.45. The van der Waals surface area contributed by atoms with Crippen LogP contribution in [0.25, 0.3) is 0 Å². The first-order valence-corrected chi connectivity index (χ1v) is 9.29. The van der Waals surface area contributed by atoms with Gasteiger partial charge in [-0.15, -0.1) is 0 Å². The molecular formula is C22H23F3N4O. The zero-order valence-electron chi connectivity index (χ0n) is 17.1. The van der Waals surface area contributed by atoms with Crippen LogP contribution in [0.15, 0.2) is 54.7 Å². The summed E-state index contributed by atoms with van der Waals surface area (Å²) in [5.41, 5.74) is 1.31. The first kappa shape index (κ1) is 21.4. The summed E-state index contributed by atoms with van der Waals surface area (Å²) in [5, 5.41) is 5.67. The van der Waals surface area contributed by atoms with Crippen molar-refractivity contribution in [3.8, 4) is 5.75 Å². The van der Waals surface area contributed by atoms with Gasteiger partial charge in [0.25, 0.3) is 0 Å². The van der Waals surface area contributed by atoms with Gasteiger partial charge in [0.1, 0.15) is 17.1 Å². The molecule has 5 nitrogen and oxygen atoms in total. The van der Waals surface area contributed by atoms with Gasteiger partial charge in [0.15, 0.2) is 0 Å². The normalized spacial score (nSPS) is 11.8. The van der Waals surface area contributed by atoms with Crippen molar-refractivity contribution in [2.75, 3.05) is 17.7 Å². The van der Waals surface area contributed by atoms with Crippen molar-refractivity contribution in [2.45, 2.75) is 32.4 Å². The molecule has 30 heavy (non-hydrogen) atoms.